The van der Waals surface area contributed by atoms with Crippen molar-refractivity contribution in [3.63, 3.8) is 0 Å². The normalized spacial score (nSPS) is 19.6. The number of carbonyl (C=O) groups is 1. The predicted molar refractivity (Wildman–Crippen MR) is 79.0 cm³/mol. The average Bonchev–Trinajstić information content (AvgIpc) is 2.36. The zero-order valence-electron chi connectivity index (χ0n) is 12.7. The molecule has 0 saturated carbocycles. The molecule has 19 heavy (non-hydrogen) atoms. The highest BCUT2D eigenvalue weighted by atomic mass is 16.1. The molecule has 0 spiro atoms. The number of piperazine rings is 1. The summed E-state index contributed by atoms with van der Waals surface area (Å²) in [6.07, 6.45) is 1.46. The molecule has 1 unspecified atom stereocenters. The Balaban J connectivity index is 2.02. The largest absolute Gasteiger partial charge is 0.356 e. The van der Waals surface area contributed by atoms with Gasteiger partial charge in [-0.2, -0.15) is 0 Å². The van der Waals surface area contributed by atoms with E-state index in [4.69, 9.17) is 5.73 Å². The molecular weight excluding hydrogens is 240 g/mol. The van der Waals surface area contributed by atoms with Crippen molar-refractivity contribution < 1.29 is 4.79 Å². The molecule has 1 atom stereocenters. The number of rotatable bonds is 7. The van der Waals surface area contributed by atoms with Gasteiger partial charge in [0.2, 0.25) is 5.91 Å². The molecule has 1 rings (SSSR count). The van der Waals surface area contributed by atoms with Gasteiger partial charge in [0.15, 0.2) is 0 Å². The number of carbonyl (C=O) groups excluding carboxylic acids is 1. The first-order valence-electron chi connectivity index (χ1n) is 7.42. The Hall–Kier alpha value is -0.650. The van der Waals surface area contributed by atoms with Gasteiger partial charge in [0.25, 0.3) is 0 Å². The molecule has 1 heterocycles. The van der Waals surface area contributed by atoms with Gasteiger partial charge in [-0.25, -0.2) is 0 Å². The first-order valence-corrected chi connectivity index (χ1v) is 7.42. The number of nitrogens with zero attached hydrogens (tertiary/aromatic N) is 2. The summed E-state index contributed by atoms with van der Waals surface area (Å²) in [7, 11) is 2.16. The maximum atomic E-state index is 11.6. The monoisotopic (exact) mass is 270 g/mol. The molecule has 1 aliphatic rings. The summed E-state index contributed by atoms with van der Waals surface area (Å²) in [4.78, 5) is 16.5. The summed E-state index contributed by atoms with van der Waals surface area (Å²) >= 11 is 0. The van der Waals surface area contributed by atoms with Gasteiger partial charge in [-0.1, -0.05) is 13.8 Å². The van der Waals surface area contributed by atoms with E-state index >= 15 is 0 Å². The Morgan fingerprint density at radius 2 is 1.89 bits per heavy atom. The van der Waals surface area contributed by atoms with Crippen molar-refractivity contribution in [2.24, 2.45) is 11.7 Å². The molecule has 1 amide bonds. The minimum atomic E-state index is -0.0300. The van der Waals surface area contributed by atoms with Crippen LogP contribution in [0, 0.1) is 5.92 Å². The van der Waals surface area contributed by atoms with Gasteiger partial charge in [0.05, 0.1) is 0 Å². The van der Waals surface area contributed by atoms with E-state index in [1.165, 1.54) is 0 Å². The Labute approximate surface area is 117 Å². The fraction of sp³-hybridized carbons (Fsp3) is 0.929. The summed E-state index contributed by atoms with van der Waals surface area (Å²) in [6.45, 7) is 10.5. The maximum absolute atomic E-state index is 11.6. The lowest BCUT2D eigenvalue weighted by molar-refractivity contribution is -0.121. The molecule has 0 aromatic rings. The Morgan fingerprint density at radius 1 is 1.26 bits per heavy atom. The van der Waals surface area contributed by atoms with Crippen LogP contribution in [0.3, 0.4) is 0 Å². The van der Waals surface area contributed by atoms with Gasteiger partial charge in [-0.15, -0.1) is 0 Å². The third kappa shape index (κ3) is 6.89. The minimum absolute atomic E-state index is 0.0300. The summed E-state index contributed by atoms with van der Waals surface area (Å²) in [5.41, 5.74) is 5.88. The van der Waals surface area contributed by atoms with Crippen molar-refractivity contribution in [3.8, 4) is 0 Å². The van der Waals surface area contributed by atoms with E-state index < -0.39 is 0 Å². The second-order valence-electron chi connectivity index (χ2n) is 5.96. The lowest BCUT2D eigenvalue weighted by atomic mass is 10.0. The molecule has 112 valence electrons. The highest BCUT2D eigenvalue weighted by Crippen LogP contribution is 2.02. The molecule has 0 aromatic heterocycles. The van der Waals surface area contributed by atoms with Crippen LogP contribution in [-0.4, -0.2) is 68.1 Å². The molecule has 5 nitrogen and oxygen atoms in total. The van der Waals surface area contributed by atoms with Crippen LogP contribution in [0.15, 0.2) is 0 Å². The molecule has 1 saturated heterocycles. The van der Waals surface area contributed by atoms with Crippen molar-refractivity contribution in [1.82, 2.24) is 15.1 Å². The fourth-order valence-electron chi connectivity index (χ4n) is 2.12. The highest BCUT2D eigenvalue weighted by Gasteiger charge is 2.14. The number of amides is 1. The summed E-state index contributed by atoms with van der Waals surface area (Å²) in [5.74, 6) is 0.440. The lowest BCUT2D eigenvalue weighted by Gasteiger charge is -2.32. The zero-order valence-corrected chi connectivity index (χ0v) is 12.7. The van der Waals surface area contributed by atoms with Gasteiger partial charge in [-0.05, 0) is 25.9 Å². The minimum Gasteiger partial charge on any atom is -0.356 e. The van der Waals surface area contributed by atoms with Crippen LogP contribution in [-0.2, 0) is 4.79 Å². The molecule has 0 aromatic carbocycles. The molecule has 0 radical (unpaired) electrons. The van der Waals surface area contributed by atoms with Gasteiger partial charge in [-0.3, -0.25) is 4.79 Å². The summed E-state index contributed by atoms with van der Waals surface area (Å²) < 4.78 is 0. The van der Waals surface area contributed by atoms with E-state index in [1.807, 2.05) is 13.8 Å². The van der Waals surface area contributed by atoms with Crippen LogP contribution < -0.4 is 11.1 Å². The topological polar surface area (TPSA) is 61.6 Å². The Bertz CT molecular complexity index is 262. The maximum Gasteiger partial charge on any atom is 0.221 e. The van der Waals surface area contributed by atoms with Crippen molar-refractivity contribution in [3.05, 3.63) is 0 Å². The van der Waals surface area contributed by atoms with Crippen molar-refractivity contribution in [1.29, 1.82) is 0 Å². The molecule has 5 heteroatoms. The quantitative estimate of drug-likeness (QED) is 0.645. The third-order valence-corrected chi connectivity index (χ3v) is 3.85. The second kappa shape index (κ2) is 8.51. The Morgan fingerprint density at radius 3 is 2.47 bits per heavy atom. The number of hydrogen-bond acceptors (Lipinski definition) is 4. The van der Waals surface area contributed by atoms with Gasteiger partial charge >= 0.3 is 0 Å². The second-order valence-corrected chi connectivity index (χ2v) is 5.96. The zero-order chi connectivity index (χ0) is 14.3. The molecule has 0 bridgehead atoms. The molecule has 1 aliphatic heterocycles. The first-order chi connectivity index (χ1) is 8.99. The van der Waals surface area contributed by atoms with Crippen LogP contribution in [0.25, 0.3) is 0 Å². The fourth-order valence-corrected chi connectivity index (χ4v) is 2.12. The molecule has 0 aliphatic carbocycles. The van der Waals surface area contributed by atoms with Crippen LogP contribution in [0.4, 0.5) is 0 Å². The lowest BCUT2D eigenvalue weighted by Crippen LogP contribution is -2.45. The van der Waals surface area contributed by atoms with E-state index in [0.717, 1.165) is 45.7 Å². The SMILES string of the molecule is CC(C)C(N)CC(=O)NCCCN1CCN(C)CC1. The first kappa shape index (κ1) is 16.4. The van der Waals surface area contributed by atoms with E-state index in [1.54, 1.807) is 0 Å². The predicted octanol–water partition coefficient (Wildman–Crippen LogP) is 0.114. The Kier molecular flexibility index (Phi) is 7.34. The van der Waals surface area contributed by atoms with E-state index in [-0.39, 0.29) is 11.9 Å². The van der Waals surface area contributed by atoms with E-state index in [2.05, 4.69) is 22.2 Å². The van der Waals surface area contributed by atoms with Crippen LogP contribution in [0.5, 0.6) is 0 Å². The van der Waals surface area contributed by atoms with E-state index in [9.17, 15) is 4.79 Å². The van der Waals surface area contributed by atoms with Gasteiger partial charge in [0.1, 0.15) is 0 Å². The van der Waals surface area contributed by atoms with E-state index in [0.29, 0.717) is 12.3 Å². The van der Waals surface area contributed by atoms with Gasteiger partial charge < -0.3 is 20.9 Å². The van der Waals surface area contributed by atoms with Gasteiger partial charge in [0, 0.05) is 45.2 Å². The third-order valence-electron chi connectivity index (χ3n) is 3.85. The number of nitrogens with one attached hydrogen (secondary N) is 1. The van der Waals surface area contributed by atoms with Crippen molar-refractivity contribution in [2.45, 2.75) is 32.7 Å². The average molecular weight is 270 g/mol. The van der Waals surface area contributed by atoms with Crippen molar-refractivity contribution in [2.75, 3.05) is 46.3 Å². The number of nitrogens with two attached hydrogens (primary N) is 1. The standard InChI is InChI=1S/C14H30N4O/c1-12(2)13(15)11-14(19)16-5-4-6-18-9-7-17(3)8-10-18/h12-13H,4-11,15H2,1-3H3,(H,16,19). The summed E-state index contributed by atoms with van der Waals surface area (Å²) in [5, 5.41) is 2.96. The number of likely N-dealkylation sites (N-methyl/N-ethyl adjacent to an activating group) is 1. The van der Waals surface area contributed by atoms with Crippen LogP contribution in [0.1, 0.15) is 26.7 Å². The summed E-state index contributed by atoms with van der Waals surface area (Å²) in [6, 6.07) is -0.0300. The molecule has 1 fully saturated rings. The van der Waals surface area contributed by atoms with Crippen LogP contribution in [0.2, 0.25) is 0 Å². The molecule has 3 N–H and O–H groups in total. The van der Waals surface area contributed by atoms with Crippen LogP contribution >= 0.6 is 0 Å². The highest BCUT2D eigenvalue weighted by molar-refractivity contribution is 5.76. The smallest absolute Gasteiger partial charge is 0.221 e. The molecular formula is C14H30N4O. The number of hydrogen-bond donors (Lipinski definition) is 2. The van der Waals surface area contributed by atoms with Crippen molar-refractivity contribution >= 4 is 5.91 Å².